The van der Waals surface area contributed by atoms with E-state index in [9.17, 15) is 0 Å². The first kappa shape index (κ1) is 11.7. The van der Waals surface area contributed by atoms with Gasteiger partial charge in [0.25, 0.3) is 0 Å². The molecule has 4 heteroatoms. The molecule has 0 aromatic heterocycles. The molecule has 1 aromatic carbocycles. The van der Waals surface area contributed by atoms with E-state index in [4.69, 9.17) is 10.2 Å². The molecule has 0 saturated heterocycles. The Bertz CT molecular complexity index is 322. The van der Waals surface area contributed by atoms with Crippen LogP contribution >= 0.6 is 15.9 Å². The van der Waals surface area contributed by atoms with E-state index < -0.39 is 8.32 Å². The Kier molecular flexibility index (Phi) is 3.75. The summed E-state index contributed by atoms with van der Waals surface area (Å²) >= 11 is 3.47. The van der Waals surface area contributed by atoms with E-state index in [1.54, 1.807) is 0 Å². The minimum Gasteiger partial charge on any atom is -0.544 e. The summed E-state index contributed by atoms with van der Waals surface area (Å²) in [5, 5.41) is 0. The van der Waals surface area contributed by atoms with Crippen LogP contribution in [0.2, 0.25) is 19.6 Å². The van der Waals surface area contributed by atoms with E-state index in [0.717, 1.165) is 15.8 Å². The van der Waals surface area contributed by atoms with Gasteiger partial charge in [0.1, 0.15) is 5.75 Å². The summed E-state index contributed by atoms with van der Waals surface area (Å²) in [6.07, 6.45) is 0. The van der Waals surface area contributed by atoms with Gasteiger partial charge in [0.05, 0.1) is 4.47 Å². The number of benzene rings is 1. The Morgan fingerprint density at radius 1 is 1.36 bits per heavy atom. The van der Waals surface area contributed by atoms with Crippen LogP contribution in [0.5, 0.6) is 5.75 Å². The molecule has 0 saturated carbocycles. The maximum atomic E-state index is 5.91. The van der Waals surface area contributed by atoms with Gasteiger partial charge in [0.15, 0.2) is 0 Å². The van der Waals surface area contributed by atoms with Gasteiger partial charge in [-0.25, -0.2) is 0 Å². The van der Waals surface area contributed by atoms with E-state index >= 15 is 0 Å². The summed E-state index contributed by atoms with van der Waals surface area (Å²) in [5.41, 5.74) is 6.67. The van der Waals surface area contributed by atoms with E-state index in [-0.39, 0.29) is 0 Å². The minimum atomic E-state index is -1.54. The Morgan fingerprint density at radius 3 is 2.50 bits per heavy atom. The molecule has 1 rings (SSSR count). The molecular formula is C10H16BrNOSi. The fourth-order valence-corrected chi connectivity index (χ4v) is 2.39. The zero-order valence-corrected chi connectivity index (χ0v) is 11.4. The molecule has 1 aromatic rings. The van der Waals surface area contributed by atoms with Crippen molar-refractivity contribution >= 4 is 24.2 Å². The molecule has 0 spiro atoms. The summed E-state index contributed by atoms with van der Waals surface area (Å²) in [5.74, 6) is 0.909. The van der Waals surface area contributed by atoms with Crippen LogP contribution in [0, 0.1) is 0 Å². The van der Waals surface area contributed by atoms with Crippen LogP contribution in [0.4, 0.5) is 0 Å². The Balaban J connectivity index is 2.95. The summed E-state index contributed by atoms with van der Waals surface area (Å²) in [7, 11) is -1.54. The van der Waals surface area contributed by atoms with Crippen molar-refractivity contribution in [2.75, 3.05) is 0 Å². The van der Waals surface area contributed by atoms with Crippen LogP contribution in [-0.2, 0) is 6.54 Å². The number of halogens is 1. The fourth-order valence-electron chi connectivity index (χ4n) is 1.08. The van der Waals surface area contributed by atoms with Gasteiger partial charge in [-0.1, -0.05) is 6.07 Å². The first-order valence-electron chi connectivity index (χ1n) is 4.60. The van der Waals surface area contributed by atoms with Crippen molar-refractivity contribution in [3.8, 4) is 5.75 Å². The zero-order chi connectivity index (χ0) is 10.8. The molecule has 78 valence electrons. The second-order valence-electron chi connectivity index (χ2n) is 4.18. The molecule has 0 atom stereocenters. The lowest BCUT2D eigenvalue weighted by Crippen LogP contribution is -2.29. The molecule has 0 bridgehead atoms. The van der Waals surface area contributed by atoms with Crippen LogP contribution in [0.15, 0.2) is 22.7 Å². The fraction of sp³-hybridized carbons (Fsp3) is 0.400. The van der Waals surface area contributed by atoms with Crippen LogP contribution in [0.1, 0.15) is 5.56 Å². The standard InChI is InChI=1S/C10H16BrNOSi/c1-14(2,3)13-10-6-8(7-12)4-5-9(10)11/h4-6H,7,12H2,1-3H3. The molecule has 14 heavy (non-hydrogen) atoms. The molecule has 0 heterocycles. The van der Waals surface area contributed by atoms with Gasteiger partial charge >= 0.3 is 0 Å². The highest BCUT2D eigenvalue weighted by Crippen LogP contribution is 2.28. The highest BCUT2D eigenvalue weighted by Gasteiger charge is 2.17. The van der Waals surface area contributed by atoms with Crippen molar-refractivity contribution in [2.45, 2.75) is 26.2 Å². The van der Waals surface area contributed by atoms with Crippen molar-refractivity contribution in [2.24, 2.45) is 5.73 Å². The molecule has 0 amide bonds. The van der Waals surface area contributed by atoms with Crippen LogP contribution in [-0.4, -0.2) is 8.32 Å². The molecule has 2 nitrogen and oxygen atoms in total. The molecule has 0 aliphatic carbocycles. The minimum absolute atomic E-state index is 0.551. The van der Waals surface area contributed by atoms with Gasteiger partial charge in [0.2, 0.25) is 8.32 Å². The van der Waals surface area contributed by atoms with E-state index in [2.05, 4.69) is 35.6 Å². The van der Waals surface area contributed by atoms with Gasteiger partial charge in [-0.2, -0.15) is 0 Å². The average molecular weight is 274 g/mol. The van der Waals surface area contributed by atoms with E-state index in [0.29, 0.717) is 6.54 Å². The average Bonchev–Trinajstić information content (AvgIpc) is 2.06. The van der Waals surface area contributed by atoms with Crippen molar-refractivity contribution in [3.05, 3.63) is 28.2 Å². The maximum Gasteiger partial charge on any atom is 0.242 e. The third-order valence-corrected chi connectivity index (χ3v) is 3.13. The van der Waals surface area contributed by atoms with Crippen LogP contribution in [0.25, 0.3) is 0 Å². The number of rotatable bonds is 3. The van der Waals surface area contributed by atoms with E-state index in [1.165, 1.54) is 0 Å². The number of hydrogen-bond donors (Lipinski definition) is 1. The molecular weight excluding hydrogens is 258 g/mol. The number of nitrogens with two attached hydrogens (primary N) is 1. The molecule has 0 fully saturated rings. The summed E-state index contributed by atoms with van der Waals surface area (Å²) in [6.45, 7) is 7.03. The summed E-state index contributed by atoms with van der Waals surface area (Å²) in [4.78, 5) is 0. The lowest BCUT2D eigenvalue weighted by Gasteiger charge is -2.20. The van der Waals surface area contributed by atoms with Gasteiger partial charge in [-0.15, -0.1) is 0 Å². The third kappa shape index (κ3) is 3.44. The second kappa shape index (κ2) is 4.46. The molecule has 0 aliphatic rings. The van der Waals surface area contributed by atoms with Crippen LogP contribution in [0.3, 0.4) is 0 Å². The zero-order valence-electron chi connectivity index (χ0n) is 8.80. The summed E-state index contributed by atoms with van der Waals surface area (Å²) in [6, 6.07) is 5.99. The maximum absolute atomic E-state index is 5.91. The smallest absolute Gasteiger partial charge is 0.242 e. The third-order valence-electron chi connectivity index (χ3n) is 1.65. The highest BCUT2D eigenvalue weighted by molar-refractivity contribution is 9.10. The lowest BCUT2D eigenvalue weighted by molar-refractivity contribution is 0.553. The summed E-state index contributed by atoms with van der Waals surface area (Å²) < 4.78 is 6.91. The normalized spacial score (nSPS) is 11.5. The van der Waals surface area contributed by atoms with E-state index in [1.807, 2.05) is 18.2 Å². The van der Waals surface area contributed by atoms with Gasteiger partial charge in [-0.3, -0.25) is 0 Å². The highest BCUT2D eigenvalue weighted by atomic mass is 79.9. The van der Waals surface area contributed by atoms with Gasteiger partial charge < -0.3 is 10.2 Å². The van der Waals surface area contributed by atoms with Gasteiger partial charge in [0, 0.05) is 6.54 Å². The Morgan fingerprint density at radius 2 is 2.00 bits per heavy atom. The number of hydrogen-bond acceptors (Lipinski definition) is 2. The first-order chi connectivity index (χ1) is 6.42. The SMILES string of the molecule is C[Si](C)(C)Oc1cc(CN)ccc1Br. The molecule has 0 unspecified atom stereocenters. The topological polar surface area (TPSA) is 35.2 Å². The van der Waals surface area contributed by atoms with Crippen molar-refractivity contribution in [1.82, 2.24) is 0 Å². The predicted octanol–water partition coefficient (Wildman–Crippen LogP) is 3.12. The van der Waals surface area contributed by atoms with Crippen LogP contribution < -0.4 is 10.2 Å². The Labute approximate surface area is 94.7 Å². The monoisotopic (exact) mass is 273 g/mol. The first-order valence-corrected chi connectivity index (χ1v) is 8.80. The van der Waals surface area contributed by atoms with Gasteiger partial charge in [-0.05, 0) is 53.3 Å². The van der Waals surface area contributed by atoms with Crippen molar-refractivity contribution in [1.29, 1.82) is 0 Å². The van der Waals surface area contributed by atoms with Crippen molar-refractivity contribution < 1.29 is 4.43 Å². The second-order valence-corrected chi connectivity index (χ2v) is 9.47. The molecule has 0 aliphatic heterocycles. The molecule has 2 N–H and O–H groups in total. The molecule has 0 radical (unpaired) electrons. The largest absolute Gasteiger partial charge is 0.544 e. The predicted molar refractivity (Wildman–Crippen MR) is 66.0 cm³/mol. The lowest BCUT2D eigenvalue weighted by atomic mass is 10.2. The van der Waals surface area contributed by atoms with Crippen molar-refractivity contribution in [3.63, 3.8) is 0 Å². The Hall–Kier alpha value is -0.323. The quantitative estimate of drug-likeness (QED) is 0.859.